The molecule has 0 saturated carbocycles. The lowest BCUT2D eigenvalue weighted by molar-refractivity contribution is -0.230. The van der Waals surface area contributed by atoms with Crippen LogP contribution in [0.1, 0.15) is 58.3 Å². The number of carbonyl (C=O) groups is 1. The van der Waals surface area contributed by atoms with Gasteiger partial charge in [0.1, 0.15) is 6.10 Å². The van der Waals surface area contributed by atoms with Crippen molar-refractivity contribution in [1.29, 1.82) is 0 Å². The number of unbranched alkanes of at least 4 members (excludes halogenated alkanes) is 6. The molecule has 0 aromatic carbocycles. The highest BCUT2D eigenvalue weighted by Crippen LogP contribution is 2.16. The number of hydrogen-bond acceptors (Lipinski definition) is 4. The molecule has 0 heterocycles. The third-order valence-electron chi connectivity index (χ3n) is 2.84. The fraction of sp³-hybridized carbons (Fsp3) is 0.917. The van der Waals surface area contributed by atoms with Gasteiger partial charge in [-0.15, -0.1) is 0 Å². The Bertz CT molecular complexity index is 219. The van der Waals surface area contributed by atoms with E-state index in [2.05, 4.69) is 6.92 Å². The van der Waals surface area contributed by atoms with Gasteiger partial charge in [0, 0.05) is 0 Å². The van der Waals surface area contributed by atoms with Crippen LogP contribution in [0.15, 0.2) is 0 Å². The minimum atomic E-state index is -3.25. The summed E-state index contributed by atoms with van der Waals surface area (Å²) in [4.78, 5) is 10.2. The van der Waals surface area contributed by atoms with Crippen LogP contribution in [0.5, 0.6) is 0 Å². The van der Waals surface area contributed by atoms with Gasteiger partial charge in [0.2, 0.25) is 0 Å². The third-order valence-corrected chi connectivity index (χ3v) is 2.84. The molecule has 17 heavy (non-hydrogen) atoms. The van der Waals surface area contributed by atoms with Gasteiger partial charge in [0.25, 0.3) is 5.79 Å². The lowest BCUT2D eigenvalue weighted by atomic mass is 10.0. The van der Waals surface area contributed by atoms with Crippen molar-refractivity contribution in [1.82, 2.24) is 0 Å². The molecule has 0 aliphatic heterocycles. The maximum atomic E-state index is 12.1. The maximum absolute atomic E-state index is 12.1. The SMILES string of the molecule is CCCCCCCCCC(O)C(O)(O)C(=O)F. The fourth-order valence-electron chi connectivity index (χ4n) is 1.63. The summed E-state index contributed by atoms with van der Waals surface area (Å²) in [7, 11) is 0. The van der Waals surface area contributed by atoms with Crippen LogP contribution in [-0.4, -0.2) is 33.2 Å². The first kappa shape index (κ1) is 16.5. The summed E-state index contributed by atoms with van der Waals surface area (Å²) < 4.78 is 12.1. The van der Waals surface area contributed by atoms with E-state index >= 15 is 0 Å². The van der Waals surface area contributed by atoms with Crippen LogP contribution in [0.4, 0.5) is 4.39 Å². The first-order valence-electron chi connectivity index (χ1n) is 6.25. The predicted octanol–water partition coefficient (Wildman–Crippen LogP) is 1.67. The van der Waals surface area contributed by atoms with Gasteiger partial charge in [0.05, 0.1) is 0 Å². The zero-order chi connectivity index (χ0) is 13.3. The summed E-state index contributed by atoms with van der Waals surface area (Å²) in [5.41, 5.74) is 0. The van der Waals surface area contributed by atoms with Gasteiger partial charge in [-0.1, -0.05) is 51.9 Å². The Balaban J connectivity index is 3.58. The molecule has 0 radical (unpaired) electrons. The smallest absolute Gasteiger partial charge is 0.362 e. The van der Waals surface area contributed by atoms with Crippen molar-refractivity contribution in [3.05, 3.63) is 0 Å². The van der Waals surface area contributed by atoms with Gasteiger partial charge in [-0.05, 0) is 6.42 Å². The van der Waals surface area contributed by atoms with Crippen molar-refractivity contribution >= 4 is 6.04 Å². The minimum Gasteiger partial charge on any atom is -0.387 e. The highest BCUT2D eigenvalue weighted by atomic mass is 19.1. The predicted molar refractivity (Wildman–Crippen MR) is 61.9 cm³/mol. The number of rotatable bonds is 10. The monoisotopic (exact) mass is 250 g/mol. The largest absolute Gasteiger partial charge is 0.387 e. The van der Waals surface area contributed by atoms with Crippen LogP contribution in [0, 0.1) is 0 Å². The van der Waals surface area contributed by atoms with Crippen molar-refractivity contribution in [2.24, 2.45) is 0 Å². The van der Waals surface area contributed by atoms with Crippen molar-refractivity contribution in [3.8, 4) is 0 Å². The molecule has 0 aliphatic carbocycles. The minimum absolute atomic E-state index is 0.0104. The average Bonchev–Trinajstić information content (AvgIpc) is 2.27. The van der Waals surface area contributed by atoms with Crippen molar-refractivity contribution in [2.75, 3.05) is 0 Å². The molecule has 0 fully saturated rings. The molecule has 5 heteroatoms. The Labute approximate surface area is 101 Å². The van der Waals surface area contributed by atoms with Crippen LogP contribution in [0.3, 0.4) is 0 Å². The Kier molecular flexibility index (Phi) is 8.29. The van der Waals surface area contributed by atoms with Crippen LogP contribution >= 0.6 is 0 Å². The summed E-state index contributed by atoms with van der Waals surface area (Å²) in [6.07, 6.45) is 5.29. The van der Waals surface area contributed by atoms with E-state index in [0.29, 0.717) is 6.42 Å². The maximum Gasteiger partial charge on any atom is 0.362 e. The first-order chi connectivity index (χ1) is 7.92. The molecule has 3 N–H and O–H groups in total. The summed E-state index contributed by atoms with van der Waals surface area (Å²) in [5.74, 6) is -3.25. The molecular formula is C12H23FO4. The molecule has 4 nitrogen and oxygen atoms in total. The first-order valence-corrected chi connectivity index (χ1v) is 6.25. The number of aliphatic hydroxyl groups excluding tert-OH is 1. The quantitative estimate of drug-likeness (QED) is 0.313. The third kappa shape index (κ3) is 6.71. The van der Waals surface area contributed by atoms with E-state index in [4.69, 9.17) is 10.2 Å². The molecule has 0 aromatic heterocycles. The van der Waals surface area contributed by atoms with Gasteiger partial charge in [0.15, 0.2) is 0 Å². The second kappa shape index (κ2) is 8.55. The van der Waals surface area contributed by atoms with E-state index in [0.717, 1.165) is 19.3 Å². The van der Waals surface area contributed by atoms with Gasteiger partial charge in [-0.3, -0.25) is 4.79 Å². The fourth-order valence-corrected chi connectivity index (χ4v) is 1.63. The Morgan fingerprint density at radius 1 is 1.12 bits per heavy atom. The van der Waals surface area contributed by atoms with Gasteiger partial charge >= 0.3 is 6.04 Å². The molecule has 0 rings (SSSR count). The summed E-state index contributed by atoms with van der Waals surface area (Å²) >= 11 is 0. The van der Waals surface area contributed by atoms with Crippen molar-refractivity contribution in [2.45, 2.75) is 70.2 Å². The van der Waals surface area contributed by atoms with Gasteiger partial charge in [-0.2, -0.15) is 4.39 Å². The second-order valence-corrected chi connectivity index (χ2v) is 4.43. The lowest BCUT2D eigenvalue weighted by Crippen LogP contribution is -2.47. The Morgan fingerprint density at radius 3 is 2.06 bits per heavy atom. The molecule has 0 bridgehead atoms. The van der Waals surface area contributed by atoms with Crippen molar-refractivity contribution in [3.63, 3.8) is 0 Å². The van der Waals surface area contributed by atoms with E-state index in [1.165, 1.54) is 19.3 Å². The highest BCUT2D eigenvalue weighted by Gasteiger charge is 2.41. The van der Waals surface area contributed by atoms with Gasteiger partial charge < -0.3 is 15.3 Å². The van der Waals surface area contributed by atoms with E-state index in [1.807, 2.05) is 0 Å². The van der Waals surface area contributed by atoms with E-state index in [-0.39, 0.29) is 6.42 Å². The van der Waals surface area contributed by atoms with Gasteiger partial charge in [-0.25, -0.2) is 0 Å². The number of aliphatic hydroxyl groups is 3. The zero-order valence-corrected chi connectivity index (χ0v) is 10.4. The lowest BCUT2D eigenvalue weighted by Gasteiger charge is -2.22. The topological polar surface area (TPSA) is 77.8 Å². The molecule has 102 valence electrons. The summed E-state index contributed by atoms with van der Waals surface area (Å²) in [5, 5.41) is 27.1. The van der Waals surface area contributed by atoms with Crippen LogP contribution in [-0.2, 0) is 4.79 Å². The molecule has 1 atom stereocenters. The Hall–Kier alpha value is -0.520. The number of halogens is 1. The normalized spacial score (nSPS) is 13.7. The second-order valence-electron chi connectivity index (χ2n) is 4.43. The highest BCUT2D eigenvalue weighted by molar-refractivity contribution is 5.76. The molecule has 0 spiro atoms. The molecule has 0 aliphatic rings. The van der Waals surface area contributed by atoms with Crippen LogP contribution in [0.2, 0.25) is 0 Å². The van der Waals surface area contributed by atoms with E-state index in [1.54, 1.807) is 0 Å². The number of hydrogen-bond donors (Lipinski definition) is 3. The van der Waals surface area contributed by atoms with Crippen LogP contribution < -0.4 is 0 Å². The van der Waals surface area contributed by atoms with E-state index < -0.39 is 17.9 Å². The summed E-state index contributed by atoms with van der Waals surface area (Å²) in [6.45, 7) is 2.13. The molecule has 0 saturated heterocycles. The Morgan fingerprint density at radius 2 is 1.59 bits per heavy atom. The van der Waals surface area contributed by atoms with Crippen molar-refractivity contribution < 1.29 is 24.5 Å². The zero-order valence-electron chi connectivity index (χ0n) is 10.4. The molecule has 0 amide bonds. The summed E-state index contributed by atoms with van der Waals surface area (Å²) in [6, 6.07) is -2.31. The molecule has 0 aromatic rings. The molecular weight excluding hydrogens is 227 g/mol. The number of carbonyl (C=O) groups excluding carboxylic acids is 1. The molecule has 1 unspecified atom stereocenters. The standard InChI is InChI=1S/C12H23FO4/c1-2-3-4-5-6-7-8-9-10(14)12(16,17)11(13)15/h10,14,16-17H,2-9H2,1H3. The van der Waals surface area contributed by atoms with E-state index in [9.17, 15) is 14.3 Å². The van der Waals surface area contributed by atoms with Crippen LogP contribution in [0.25, 0.3) is 0 Å². The average molecular weight is 250 g/mol.